The van der Waals surface area contributed by atoms with Gasteiger partial charge in [-0.15, -0.1) is 0 Å². The molecule has 0 saturated heterocycles. The normalized spacial score (nSPS) is 11.7. The predicted octanol–water partition coefficient (Wildman–Crippen LogP) is 9.86. The van der Waals surface area contributed by atoms with E-state index in [9.17, 15) is 0 Å². The molecule has 2 heterocycles. The second kappa shape index (κ2) is 8.47. The molecule has 8 aromatic rings. The van der Waals surface area contributed by atoms with Crippen LogP contribution in [0.4, 0.5) is 0 Å². The van der Waals surface area contributed by atoms with Gasteiger partial charge < -0.3 is 9.13 Å². The number of aryl methyl sites for hydroxylation is 1. The number of hydrogen-bond acceptors (Lipinski definition) is 0. The Morgan fingerprint density at radius 3 is 1.10 bits per heavy atom. The van der Waals surface area contributed by atoms with Crippen molar-refractivity contribution in [2.75, 3.05) is 0 Å². The topological polar surface area (TPSA) is 9.86 Å². The van der Waals surface area contributed by atoms with Crippen LogP contribution in [0.15, 0.2) is 140 Å². The summed E-state index contributed by atoms with van der Waals surface area (Å²) in [5, 5.41) is 5.08. The Labute approximate surface area is 227 Å². The van der Waals surface area contributed by atoms with Crippen LogP contribution in [0, 0.1) is 6.92 Å². The van der Waals surface area contributed by atoms with Crippen molar-refractivity contribution >= 4 is 43.6 Å². The van der Waals surface area contributed by atoms with E-state index in [-0.39, 0.29) is 0 Å². The van der Waals surface area contributed by atoms with E-state index in [1.54, 1.807) is 0 Å². The second-order valence-corrected chi connectivity index (χ2v) is 10.3. The molecule has 0 saturated carbocycles. The maximum atomic E-state index is 2.42. The van der Waals surface area contributed by atoms with Gasteiger partial charge >= 0.3 is 0 Å². The van der Waals surface area contributed by atoms with Gasteiger partial charge in [-0.1, -0.05) is 103 Å². The third-order valence-electron chi connectivity index (χ3n) is 7.96. The molecule has 0 aliphatic rings. The van der Waals surface area contributed by atoms with Gasteiger partial charge in [0.25, 0.3) is 0 Å². The van der Waals surface area contributed by atoms with Crippen molar-refractivity contribution in [3.05, 3.63) is 145 Å². The van der Waals surface area contributed by atoms with Crippen molar-refractivity contribution in [3.8, 4) is 22.5 Å². The summed E-state index contributed by atoms with van der Waals surface area (Å²) in [4.78, 5) is 0. The van der Waals surface area contributed by atoms with Crippen LogP contribution in [0.5, 0.6) is 0 Å². The molecular weight excluding hydrogens is 472 g/mol. The number of aromatic nitrogens is 2. The van der Waals surface area contributed by atoms with Crippen LogP contribution in [0.2, 0.25) is 0 Å². The summed E-state index contributed by atoms with van der Waals surface area (Å²) in [7, 11) is 0. The zero-order chi connectivity index (χ0) is 25.9. The molecule has 0 radical (unpaired) electrons. The molecule has 0 aliphatic heterocycles. The summed E-state index contributed by atoms with van der Waals surface area (Å²) in [6, 6.07) is 50.8. The fourth-order valence-corrected chi connectivity index (χ4v) is 6.17. The molecule has 0 fully saturated rings. The van der Waals surface area contributed by atoms with Gasteiger partial charge in [0, 0.05) is 32.9 Å². The molecule has 184 valence electrons. The lowest BCUT2D eigenvalue weighted by molar-refractivity contribution is 1.13. The van der Waals surface area contributed by atoms with Gasteiger partial charge in [-0.25, -0.2) is 0 Å². The Morgan fingerprint density at radius 1 is 0.359 bits per heavy atom. The van der Waals surface area contributed by atoms with Gasteiger partial charge in [-0.05, 0) is 60.5 Å². The van der Waals surface area contributed by atoms with Gasteiger partial charge in [-0.2, -0.15) is 0 Å². The van der Waals surface area contributed by atoms with Gasteiger partial charge in [0.15, 0.2) is 0 Å². The molecule has 0 amide bonds. The van der Waals surface area contributed by atoms with Crippen molar-refractivity contribution in [1.82, 2.24) is 9.13 Å². The Balaban J connectivity index is 1.50. The molecule has 39 heavy (non-hydrogen) atoms. The molecule has 0 N–H and O–H groups in total. The summed E-state index contributed by atoms with van der Waals surface area (Å²) in [6.45, 7) is 2.14. The van der Waals surface area contributed by atoms with E-state index in [1.165, 1.54) is 60.3 Å². The molecule has 6 aromatic carbocycles. The average Bonchev–Trinajstić information content (AvgIpc) is 3.51. The lowest BCUT2D eigenvalue weighted by Gasteiger charge is -2.16. The Hall–Kier alpha value is -5.08. The molecule has 0 aliphatic carbocycles. The summed E-state index contributed by atoms with van der Waals surface area (Å²) in [5.41, 5.74) is 10.8. The van der Waals surface area contributed by atoms with Crippen molar-refractivity contribution in [3.63, 3.8) is 0 Å². The third kappa shape index (κ3) is 3.35. The highest BCUT2D eigenvalue weighted by atomic mass is 15.0. The average molecular weight is 499 g/mol. The van der Waals surface area contributed by atoms with Crippen LogP contribution in [0.1, 0.15) is 5.56 Å². The maximum absolute atomic E-state index is 2.42. The van der Waals surface area contributed by atoms with Crippen LogP contribution in [-0.2, 0) is 0 Å². The first-order chi connectivity index (χ1) is 19.3. The summed E-state index contributed by atoms with van der Waals surface area (Å²) < 4.78 is 4.83. The van der Waals surface area contributed by atoms with Crippen molar-refractivity contribution in [1.29, 1.82) is 0 Å². The Morgan fingerprint density at radius 2 is 0.718 bits per heavy atom. The SMILES string of the molecule is Cc1ccc(-c2cc(-n3c4ccccc4c4ccccc43)cc(-n3c4ccccc4c4ccccc43)c2)cc1. The lowest BCUT2D eigenvalue weighted by atomic mass is 10.0. The van der Waals surface area contributed by atoms with E-state index in [1.807, 2.05) is 0 Å². The molecule has 2 heteroatoms. The van der Waals surface area contributed by atoms with Crippen LogP contribution < -0.4 is 0 Å². The van der Waals surface area contributed by atoms with Crippen molar-refractivity contribution in [2.24, 2.45) is 0 Å². The van der Waals surface area contributed by atoms with E-state index in [0.29, 0.717) is 0 Å². The first kappa shape index (κ1) is 22.0. The van der Waals surface area contributed by atoms with Gasteiger partial charge in [-0.3, -0.25) is 0 Å². The molecule has 0 atom stereocenters. The second-order valence-electron chi connectivity index (χ2n) is 10.3. The molecule has 0 unspecified atom stereocenters. The third-order valence-corrected chi connectivity index (χ3v) is 7.96. The first-order valence-corrected chi connectivity index (χ1v) is 13.5. The van der Waals surface area contributed by atoms with Gasteiger partial charge in [0.2, 0.25) is 0 Å². The number of fused-ring (bicyclic) bond motifs is 6. The Kier molecular flexibility index (Phi) is 4.77. The molecule has 2 aromatic heterocycles. The van der Waals surface area contributed by atoms with Crippen LogP contribution in [0.25, 0.3) is 66.1 Å². The van der Waals surface area contributed by atoms with Gasteiger partial charge in [0.05, 0.1) is 22.1 Å². The first-order valence-electron chi connectivity index (χ1n) is 13.5. The smallest absolute Gasteiger partial charge is 0.0541 e. The highest BCUT2D eigenvalue weighted by molar-refractivity contribution is 6.10. The quantitative estimate of drug-likeness (QED) is 0.229. The van der Waals surface area contributed by atoms with E-state index < -0.39 is 0 Å². The largest absolute Gasteiger partial charge is 0.309 e. The zero-order valence-electron chi connectivity index (χ0n) is 21.7. The number of hydrogen-bond donors (Lipinski definition) is 0. The number of benzene rings is 6. The molecule has 2 nitrogen and oxygen atoms in total. The fraction of sp³-hybridized carbons (Fsp3) is 0.0270. The van der Waals surface area contributed by atoms with E-state index in [4.69, 9.17) is 0 Å². The van der Waals surface area contributed by atoms with Crippen LogP contribution in [-0.4, -0.2) is 9.13 Å². The van der Waals surface area contributed by atoms with E-state index in [2.05, 4.69) is 156 Å². The molecular formula is C37H26N2. The van der Waals surface area contributed by atoms with Crippen LogP contribution in [0.3, 0.4) is 0 Å². The minimum absolute atomic E-state index is 1.15. The zero-order valence-corrected chi connectivity index (χ0v) is 21.7. The monoisotopic (exact) mass is 498 g/mol. The van der Waals surface area contributed by atoms with Crippen LogP contribution >= 0.6 is 0 Å². The minimum atomic E-state index is 1.15. The number of para-hydroxylation sites is 4. The summed E-state index contributed by atoms with van der Waals surface area (Å²) in [5.74, 6) is 0. The highest BCUT2D eigenvalue weighted by Gasteiger charge is 2.16. The van der Waals surface area contributed by atoms with E-state index >= 15 is 0 Å². The summed E-state index contributed by atoms with van der Waals surface area (Å²) in [6.07, 6.45) is 0. The molecule has 0 spiro atoms. The highest BCUT2D eigenvalue weighted by Crippen LogP contribution is 2.37. The van der Waals surface area contributed by atoms with Crippen molar-refractivity contribution in [2.45, 2.75) is 6.92 Å². The maximum Gasteiger partial charge on any atom is 0.0541 e. The van der Waals surface area contributed by atoms with E-state index in [0.717, 1.165) is 11.4 Å². The predicted molar refractivity (Wildman–Crippen MR) is 165 cm³/mol. The fourth-order valence-electron chi connectivity index (χ4n) is 6.17. The Bertz CT molecular complexity index is 1940. The number of rotatable bonds is 3. The van der Waals surface area contributed by atoms with Crippen molar-refractivity contribution < 1.29 is 0 Å². The molecule has 0 bridgehead atoms. The lowest BCUT2D eigenvalue weighted by Crippen LogP contribution is -2.00. The van der Waals surface area contributed by atoms with Gasteiger partial charge in [0.1, 0.15) is 0 Å². The number of nitrogens with zero attached hydrogens (tertiary/aromatic N) is 2. The standard InChI is InChI=1S/C37H26N2/c1-25-18-20-26(21-19-25)27-22-28(38-34-14-6-2-10-30(34)31-11-3-7-15-35(31)38)24-29(23-27)39-36-16-8-4-12-32(36)33-13-5-9-17-37(33)39/h2-24H,1H3. The minimum Gasteiger partial charge on any atom is -0.309 e. The molecule has 8 rings (SSSR count). The summed E-state index contributed by atoms with van der Waals surface area (Å²) >= 11 is 0.